The zero-order chi connectivity index (χ0) is 21.1. The van der Waals surface area contributed by atoms with Crippen LogP contribution in [0.25, 0.3) is 10.8 Å². The predicted molar refractivity (Wildman–Crippen MR) is 89.9 cm³/mol. The summed E-state index contributed by atoms with van der Waals surface area (Å²) in [6.45, 7) is 10.4. The van der Waals surface area contributed by atoms with Gasteiger partial charge in [0.25, 0.3) is 0 Å². The van der Waals surface area contributed by atoms with E-state index < -0.39 is 73.8 Å². The van der Waals surface area contributed by atoms with E-state index in [0.29, 0.717) is 0 Å². The summed E-state index contributed by atoms with van der Waals surface area (Å²) in [5.41, 5.74) is -1.96. The molecule has 0 fully saturated rings. The minimum absolute atomic E-state index is 0.174. The molecular weight excluding hydrogens is 373 g/mol. The first-order valence-corrected chi connectivity index (χ1v) is 8.41. The second kappa shape index (κ2) is 6.67. The molecule has 2 aromatic rings. The van der Waals surface area contributed by atoms with Crippen LogP contribution in [-0.4, -0.2) is 0 Å². The fourth-order valence-corrected chi connectivity index (χ4v) is 3.31. The van der Waals surface area contributed by atoms with Gasteiger partial charge in [0.15, 0.2) is 40.7 Å². The van der Waals surface area contributed by atoms with Gasteiger partial charge in [0.05, 0.1) is 5.39 Å². The highest BCUT2D eigenvalue weighted by Crippen LogP contribution is 2.48. The van der Waals surface area contributed by atoms with Crippen LogP contribution in [-0.2, 0) is 0 Å². The molecule has 0 radical (unpaired) electrons. The van der Waals surface area contributed by atoms with Crippen molar-refractivity contribution in [2.45, 2.75) is 53.9 Å². The smallest absolute Gasteiger partial charge is 0.198 e. The molecule has 0 aliphatic carbocycles. The molecule has 0 spiro atoms. The zero-order valence-corrected chi connectivity index (χ0v) is 15.9. The lowest BCUT2D eigenvalue weighted by Gasteiger charge is -2.37. The molecule has 27 heavy (non-hydrogen) atoms. The second-order valence-corrected chi connectivity index (χ2v) is 9.04. The molecule has 150 valence electrons. The van der Waals surface area contributed by atoms with Crippen molar-refractivity contribution in [3.63, 3.8) is 0 Å². The van der Waals surface area contributed by atoms with Crippen molar-refractivity contribution in [1.82, 2.24) is 0 Å². The molecule has 0 aliphatic heterocycles. The van der Waals surface area contributed by atoms with Crippen LogP contribution in [0, 0.1) is 51.6 Å². The van der Waals surface area contributed by atoms with Crippen molar-refractivity contribution < 1.29 is 30.7 Å². The maximum Gasteiger partial charge on any atom is 0.198 e. The lowest BCUT2D eigenvalue weighted by Crippen LogP contribution is -2.26. The van der Waals surface area contributed by atoms with E-state index in [1.54, 1.807) is 41.5 Å². The van der Waals surface area contributed by atoms with Crippen LogP contribution in [0.15, 0.2) is 0 Å². The van der Waals surface area contributed by atoms with E-state index in [1.807, 2.05) is 0 Å². The summed E-state index contributed by atoms with van der Waals surface area (Å²) >= 11 is 0. The van der Waals surface area contributed by atoms with E-state index in [9.17, 15) is 30.7 Å². The van der Waals surface area contributed by atoms with Crippen LogP contribution in [0.2, 0.25) is 0 Å². The molecule has 0 aromatic heterocycles. The van der Waals surface area contributed by atoms with Gasteiger partial charge in [0.1, 0.15) is 0 Å². The molecule has 1 atom stereocenters. The maximum atomic E-state index is 14.8. The van der Waals surface area contributed by atoms with E-state index in [1.165, 1.54) is 0 Å². The Morgan fingerprint density at radius 1 is 0.556 bits per heavy atom. The van der Waals surface area contributed by atoms with Crippen LogP contribution in [0.5, 0.6) is 0 Å². The van der Waals surface area contributed by atoms with Crippen molar-refractivity contribution in [2.75, 3.05) is 0 Å². The highest BCUT2D eigenvalue weighted by Gasteiger charge is 2.38. The average molecular weight is 394 g/mol. The van der Waals surface area contributed by atoms with Crippen LogP contribution >= 0.6 is 0 Å². The highest BCUT2D eigenvalue weighted by molar-refractivity contribution is 5.88. The molecule has 0 N–H and O–H groups in total. The summed E-state index contributed by atoms with van der Waals surface area (Å²) < 4.78 is 99.3. The molecule has 0 saturated heterocycles. The van der Waals surface area contributed by atoms with Crippen molar-refractivity contribution in [2.24, 2.45) is 10.8 Å². The van der Waals surface area contributed by atoms with Gasteiger partial charge in [-0.3, -0.25) is 0 Å². The standard InChI is InChI=1S/C20H21F7/c1-19(2,3)7-8(20(4,5)6)9-10-11(14(23)16(25)12(9)21)15(24)18(27)17(26)13(10)22/h8H,7H2,1-6H3. The van der Waals surface area contributed by atoms with Crippen molar-refractivity contribution in [3.05, 3.63) is 46.3 Å². The van der Waals surface area contributed by atoms with E-state index in [0.717, 1.165) is 0 Å². The molecule has 0 nitrogen and oxygen atoms in total. The molecule has 2 rings (SSSR count). The number of hydrogen-bond acceptors (Lipinski definition) is 0. The molecule has 1 unspecified atom stereocenters. The van der Waals surface area contributed by atoms with Crippen molar-refractivity contribution >= 4 is 10.8 Å². The zero-order valence-electron chi connectivity index (χ0n) is 15.9. The van der Waals surface area contributed by atoms with E-state index in [-0.39, 0.29) is 6.42 Å². The largest absolute Gasteiger partial charge is 0.203 e. The Morgan fingerprint density at radius 2 is 0.926 bits per heavy atom. The summed E-state index contributed by atoms with van der Waals surface area (Å²) in [5.74, 6) is -15.3. The number of halogens is 7. The first kappa shape index (κ1) is 21.5. The third-order valence-corrected chi connectivity index (χ3v) is 4.59. The molecule has 0 heterocycles. The summed E-state index contributed by atoms with van der Waals surface area (Å²) in [6, 6.07) is 0. The fourth-order valence-electron chi connectivity index (χ4n) is 3.31. The van der Waals surface area contributed by atoms with Gasteiger partial charge in [-0.15, -0.1) is 0 Å². The molecule has 0 bridgehead atoms. The van der Waals surface area contributed by atoms with Crippen LogP contribution in [0.3, 0.4) is 0 Å². The minimum atomic E-state index is -2.28. The maximum absolute atomic E-state index is 14.8. The monoisotopic (exact) mass is 394 g/mol. The lowest BCUT2D eigenvalue weighted by atomic mass is 9.68. The normalized spacial score (nSPS) is 14.1. The predicted octanol–water partition coefficient (Wildman–Crippen LogP) is 7.38. The Kier molecular flexibility index (Phi) is 5.32. The van der Waals surface area contributed by atoms with Crippen LogP contribution < -0.4 is 0 Å². The molecule has 2 aromatic carbocycles. The Morgan fingerprint density at radius 3 is 1.30 bits per heavy atom. The number of rotatable bonds is 2. The quantitative estimate of drug-likeness (QED) is 0.283. The number of benzene rings is 2. The Balaban J connectivity index is 3.11. The third-order valence-electron chi connectivity index (χ3n) is 4.59. The summed E-state index contributed by atoms with van der Waals surface area (Å²) in [7, 11) is 0. The van der Waals surface area contributed by atoms with E-state index >= 15 is 0 Å². The first-order chi connectivity index (χ1) is 12.1. The van der Waals surface area contributed by atoms with Crippen LogP contribution in [0.1, 0.15) is 59.4 Å². The van der Waals surface area contributed by atoms with Gasteiger partial charge in [0.2, 0.25) is 0 Å². The van der Waals surface area contributed by atoms with Gasteiger partial charge in [-0.2, -0.15) is 0 Å². The SMILES string of the molecule is CC(C)(C)CC(c1c(F)c(F)c(F)c2c(F)c(F)c(F)c(F)c12)C(C)(C)C. The lowest BCUT2D eigenvalue weighted by molar-refractivity contribution is 0.224. The molecule has 0 amide bonds. The molecule has 0 aliphatic rings. The summed E-state index contributed by atoms with van der Waals surface area (Å²) in [5, 5.41) is -2.53. The first-order valence-electron chi connectivity index (χ1n) is 8.41. The van der Waals surface area contributed by atoms with E-state index in [4.69, 9.17) is 0 Å². The average Bonchev–Trinajstić information content (AvgIpc) is 2.52. The van der Waals surface area contributed by atoms with Crippen LogP contribution in [0.4, 0.5) is 30.7 Å². The van der Waals surface area contributed by atoms with Gasteiger partial charge in [-0.25, -0.2) is 30.7 Å². The number of fused-ring (bicyclic) bond motifs is 1. The van der Waals surface area contributed by atoms with Gasteiger partial charge < -0.3 is 0 Å². The van der Waals surface area contributed by atoms with Crippen molar-refractivity contribution in [3.8, 4) is 0 Å². The topological polar surface area (TPSA) is 0 Å². The van der Waals surface area contributed by atoms with Gasteiger partial charge >= 0.3 is 0 Å². The van der Waals surface area contributed by atoms with Gasteiger partial charge in [0, 0.05) is 10.9 Å². The Labute approximate surface area is 153 Å². The fraction of sp³-hybridized carbons (Fsp3) is 0.500. The summed E-state index contributed by atoms with van der Waals surface area (Å²) in [6.07, 6.45) is 0.174. The summed E-state index contributed by atoms with van der Waals surface area (Å²) in [4.78, 5) is 0. The van der Waals surface area contributed by atoms with Gasteiger partial charge in [-0.05, 0) is 23.2 Å². The number of hydrogen-bond donors (Lipinski definition) is 0. The van der Waals surface area contributed by atoms with Crippen molar-refractivity contribution in [1.29, 1.82) is 0 Å². The highest BCUT2D eigenvalue weighted by atomic mass is 19.2. The Hall–Kier alpha value is -1.79. The molecule has 7 heteroatoms. The molecule has 0 saturated carbocycles. The minimum Gasteiger partial charge on any atom is -0.203 e. The van der Waals surface area contributed by atoms with Gasteiger partial charge in [-0.1, -0.05) is 41.5 Å². The third kappa shape index (κ3) is 3.65. The van der Waals surface area contributed by atoms with E-state index in [2.05, 4.69) is 0 Å². The second-order valence-electron chi connectivity index (χ2n) is 9.04. The molecular formula is C20H21F7. The Bertz CT molecular complexity index is 894.